The number of pyridine rings is 1. The quantitative estimate of drug-likeness (QED) is 0.164. The molecule has 2 aromatic heterocycles. The summed E-state index contributed by atoms with van der Waals surface area (Å²) in [5.74, 6) is 0.864. The highest BCUT2D eigenvalue weighted by atomic mass is 32.1. The van der Waals surface area contributed by atoms with E-state index in [1.54, 1.807) is 0 Å². The zero-order valence-electron chi connectivity index (χ0n) is 29.4. The molecule has 0 atom stereocenters. The van der Waals surface area contributed by atoms with E-state index in [1.807, 2.05) is 11.3 Å². The molecule has 2 nitrogen and oxygen atoms in total. The zero-order chi connectivity index (χ0) is 35.8. The van der Waals surface area contributed by atoms with Crippen LogP contribution in [0.4, 0.5) is 17.2 Å². The molecular weight excluding hydrogens is 673 g/mol. The van der Waals surface area contributed by atoms with Gasteiger partial charge in [0.2, 0.25) is 0 Å². The van der Waals surface area contributed by atoms with Crippen LogP contribution in [0.3, 0.4) is 0 Å². The van der Waals surface area contributed by atoms with Crippen LogP contribution in [0.5, 0.6) is 0 Å². The fourth-order valence-corrected chi connectivity index (χ4v) is 8.84. The van der Waals surface area contributed by atoms with Crippen molar-refractivity contribution in [2.45, 2.75) is 0 Å². The number of thiophene rings is 1. The number of aromatic nitrogens is 1. The van der Waals surface area contributed by atoms with E-state index in [2.05, 4.69) is 211 Å². The summed E-state index contributed by atoms with van der Waals surface area (Å²) in [5.41, 5.74) is 12.6. The second-order valence-electron chi connectivity index (χ2n) is 13.6. The second-order valence-corrected chi connectivity index (χ2v) is 14.6. The summed E-state index contributed by atoms with van der Waals surface area (Å²) in [4.78, 5) is 7.62. The van der Waals surface area contributed by atoms with Gasteiger partial charge in [-0.25, -0.2) is 4.98 Å². The molecule has 0 saturated carbocycles. The van der Waals surface area contributed by atoms with Crippen LogP contribution in [-0.4, -0.2) is 4.98 Å². The summed E-state index contributed by atoms with van der Waals surface area (Å²) in [5, 5.41) is 3.75. The topological polar surface area (TPSA) is 16.1 Å². The number of rotatable bonds is 7. The molecule has 0 spiro atoms. The Morgan fingerprint density at radius 2 is 0.833 bits per heavy atom. The number of fused-ring (bicyclic) bond motifs is 4. The molecule has 0 fully saturated rings. The third-order valence-corrected chi connectivity index (χ3v) is 11.5. The van der Waals surface area contributed by atoms with Crippen molar-refractivity contribution in [3.63, 3.8) is 0 Å². The smallest absolute Gasteiger partial charge is 0.138 e. The Labute approximate surface area is 318 Å². The van der Waals surface area contributed by atoms with E-state index in [-0.39, 0.29) is 0 Å². The van der Waals surface area contributed by atoms with E-state index >= 15 is 0 Å². The van der Waals surface area contributed by atoms with Gasteiger partial charge in [-0.2, -0.15) is 0 Å². The Morgan fingerprint density at radius 3 is 1.50 bits per heavy atom. The third kappa shape index (κ3) is 5.81. The van der Waals surface area contributed by atoms with Crippen molar-refractivity contribution in [3.05, 3.63) is 206 Å². The molecule has 0 N–H and O–H groups in total. The number of benzene rings is 8. The minimum atomic E-state index is 0.864. The summed E-state index contributed by atoms with van der Waals surface area (Å²) in [7, 11) is 0. The summed E-state index contributed by atoms with van der Waals surface area (Å²) in [6.07, 6.45) is 0. The lowest BCUT2D eigenvalue weighted by Crippen LogP contribution is -2.12. The lowest BCUT2D eigenvalue weighted by atomic mass is 9.97. The number of para-hydroxylation sites is 1. The van der Waals surface area contributed by atoms with Gasteiger partial charge in [-0.1, -0.05) is 164 Å². The highest BCUT2D eigenvalue weighted by molar-refractivity contribution is 7.26. The van der Waals surface area contributed by atoms with Crippen LogP contribution in [0.15, 0.2) is 206 Å². The second kappa shape index (κ2) is 13.6. The summed E-state index contributed by atoms with van der Waals surface area (Å²) < 4.78 is 2.63. The van der Waals surface area contributed by atoms with Crippen molar-refractivity contribution in [2.75, 3.05) is 4.90 Å². The van der Waals surface area contributed by atoms with Crippen molar-refractivity contribution >= 4 is 59.6 Å². The van der Waals surface area contributed by atoms with E-state index in [4.69, 9.17) is 4.98 Å². The lowest BCUT2D eigenvalue weighted by molar-refractivity contribution is 1.21. The molecule has 3 heteroatoms. The lowest BCUT2D eigenvalue weighted by Gasteiger charge is -2.26. The fraction of sp³-hybridized carbons (Fsp3) is 0. The van der Waals surface area contributed by atoms with Crippen molar-refractivity contribution in [1.29, 1.82) is 0 Å². The van der Waals surface area contributed by atoms with Gasteiger partial charge >= 0.3 is 0 Å². The third-order valence-electron chi connectivity index (χ3n) is 10.3. The Kier molecular flexibility index (Phi) is 8.05. The Balaban J connectivity index is 1.11. The van der Waals surface area contributed by atoms with Crippen molar-refractivity contribution in [3.8, 4) is 44.5 Å². The van der Waals surface area contributed by atoms with Gasteiger partial charge in [-0.3, -0.25) is 4.90 Å². The van der Waals surface area contributed by atoms with Crippen LogP contribution in [-0.2, 0) is 0 Å². The molecule has 0 radical (unpaired) electrons. The molecule has 0 bridgehead atoms. The van der Waals surface area contributed by atoms with Gasteiger partial charge < -0.3 is 0 Å². The first-order valence-electron chi connectivity index (χ1n) is 18.3. The summed E-state index contributed by atoms with van der Waals surface area (Å²) in [6.45, 7) is 0. The molecular formula is C51H34N2S. The molecule has 2 heterocycles. The average Bonchev–Trinajstić information content (AvgIpc) is 3.64. The van der Waals surface area contributed by atoms with Gasteiger partial charge in [0.25, 0.3) is 0 Å². The van der Waals surface area contributed by atoms with Gasteiger partial charge in [0.15, 0.2) is 0 Å². The molecule has 8 aromatic carbocycles. The van der Waals surface area contributed by atoms with E-state index in [0.717, 1.165) is 39.2 Å². The molecule has 0 aliphatic rings. The number of hydrogen-bond donors (Lipinski definition) is 0. The largest absolute Gasteiger partial charge is 0.295 e. The van der Waals surface area contributed by atoms with Gasteiger partial charge in [0.1, 0.15) is 5.82 Å². The first-order chi connectivity index (χ1) is 26.8. The molecule has 0 saturated heterocycles. The van der Waals surface area contributed by atoms with Crippen molar-refractivity contribution in [1.82, 2.24) is 4.98 Å². The molecule has 0 amide bonds. The van der Waals surface area contributed by atoms with Crippen molar-refractivity contribution in [2.24, 2.45) is 0 Å². The van der Waals surface area contributed by atoms with E-state index in [9.17, 15) is 0 Å². The minimum absolute atomic E-state index is 0.864. The molecule has 0 aliphatic carbocycles. The van der Waals surface area contributed by atoms with Crippen LogP contribution < -0.4 is 4.90 Å². The molecule has 0 unspecified atom stereocenters. The van der Waals surface area contributed by atoms with Crippen LogP contribution >= 0.6 is 11.3 Å². The van der Waals surface area contributed by atoms with Gasteiger partial charge in [0, 0.05) is 36.9 Å². The predicted octanol–water partition coefficient (Wildman–Crippen LogP) is 14.7. The van der Waals surface area contributed by atoms with E-state index in [0.29, 0.717) is 0 Å². The molecule has 10 aromatic rings. The maximum Gasteiger partial charge on any atom is 0.138 e. The standard InChI is InChI=1S/C51H34N2S/c1-3-12-35(13-4-1)37-22-24-40(25-23-37)47-34-50(52-48-20-9-7-16-44(47)48)53(41-30-26-38(27-31-41)36-14-5-2-6-15-36)42-32-28-39(29-33-42)43-18-11-19-46-45-17-8-10-21-49(45)54-51(43)46/h1-34H. The monoisotopic (exact) mass is 706 g/mol. The Hall–Kier alpha value is -6.81. The zero-order valence-corrected chi connectivity index (χ0v) is 30.2. The Bertz CT molecular complexity index is 2900. The first kappa shape index (κ1) is 31.9. The number of anilines is 3. The fourth-order valence-electron chi connectivity index (χ4n) is 7.60. The maximum atomic E-state index is 5.33. The van der Waals surface area contributed by atoms with Crippen LogP contribution in [0.1, 0.15) is 0 Å². The van der Waals surface area contributed by atoms with Crippen LogP contribution in [0.25, 0.3) is 75.6 Å². The number of nitrogens with zero attached hydrogens (tertiary/aromatic N) is 2. The average molecular weight is 707 g/mol. The molecule has 0 aliphatic heterocycles. The van der Waals surface area contributed by atoms with Crippen LogP contribution in [0.2, 0.25) is 0 Å². The summed E-state index contributed by atoms with van der Waals surface area (Å²) in [6, 6.07) is 73.9. The van der Waals surface area contributed by atoms with E-state index in [1.165, 1.54) is 53.6 Å². The molecule has 54 heavy (non-hydrogen) atoms. The van der Waals surface area contributed by atoms with Gasteiger partial charge in [-0.05, 0) is 87.0 Å². The van der Waals surface area contributed by atoms with Crippen molar-refractivity contribution < 1.29 is 0 Å². The predicted molar refractivity (Wildman–Crippen MR) is 231 cm³/mol. The normalized spacial score (nSPS) is 11.3. The molecule has 10 rings (SSSR count). The maximum absolute atomic E-state index is 5.33. The summed E-state index contributed by atoms with van der Waals surface area (Å²) >= 11 is 1.87. The Morgan fingerprint density at radius 1 is 0.352 bits per heavy atom. The van der Waals surface area contributed by atoms with E-state index < -0.39 is 0 Å². The minimum Gasteiger partial charge on any atom is -0.295 e. The SMILES string of the molecule is c1ccc(-c2ccc(-c3cc(N(c4ccc(-c5ccccc5)cc4)c4ccc(-c5cccc6c5sc5ccccc56)cc4)nc4ccccc34)cc2)cc1. The van der Waals surface area contributed by atoms with Gasteiger partial charge in [0.05, 0.1) is 5.52 Å². The number of hydrogen-bond acceptors (Lipinski definition) is 3. The van der Waals surface area contributed by atoms with Gasteiger partial charge in [-0.15, -0.1) is 11.3 Å². The highest BCUT2D eigenvalue weighted by Crippen LogP contribution is 2.43. The molecule has 254 valence electrons. The highest BCUT2D eigenvalue weighted by Gasteiger charge is 2.19. The van der Waals surface area contributed by atoms with Crippen LogP contribution in [0, 0.1) is 0 Å². The first-order valence-corrected chi connectivity index (χ1v) is 19.1.